The third-order valence-corrected chi connectivity index (χ3v) is 4.89. The van der Waals surface area contributed by atoms with Gasteiger partial charge in [0.2, 0.25) is 0 Å². The molecule has 2 aromatic heterocycles. The van der Waals surface area contributed by atoms with E-state index in [-0.39, 0.29) is 12.1 Å². The summed E-state index contributed by atoms with van der Waals surface area (Å²) in [6.45, 7) is 6.92. The van der Waals surface area contributed by atoms with Gasteiger partial charge in [-0.3, -0.25) is 0 Å². The van der Waals surface area contributed by atoms with Crippen LogP contribution in [0, 0.1) is 0 Å². The molecule has 1 aliphatic rings. The highest BCUT2D eigenvalue weighted by Gasteiger charge is 2.30. The quantitative estimate of drug-likeness (QED) is 0.816. The van der Waals surface area contributed by atoms with E-state index in [1.165, 1.54) is 6.20 Å². The molecule has 0 saturated carbocycles. The number of piperidine rings is 1. The molecule has 1 aliphatic heterocycles. The van der Waals surface area contributed by atoms with E-state index < -0.39 is 5.60 Å². The molecule has 0 aromatic carbocycles. The number of rotatable bonds is 4. The van der Waals surface area contributed by atoms with Crippen molar-refractivity contribution in [2.24, 2.45) is 5.73 Å². The van der Waals surface area contributed by atoms with Crippen molar-refractivity contribution < 1.29 is 14.5 Å². The van der Waals surface area contributed by atoms with Crippen LogP contribution in [0.25, 0.3) is 5.57 Å². The van der Waals surface area contributed by atoms with Gasteiger partial charge in [0, 0.05) is 38.6 Å². The smallest absolute Gasteiger partial charge is 0.410 e. The standard InChI is InChI=1S/C21H29N7O2/c1-21(2,3)30-20(29)28-11-5-6-15(14-28)27(4)18-7-8-25-19(26-18)16(12-22)17-13-23-9-10-24-17/h7-10,12-13,15H,5-6,11,14,22H2,1-4H3/p+1/t15-/m1/s1. The molecule has 0 unspecified atom stereocenters. The first-order chi connectivity index (χ1) is 14.3. The molecular weight excluding hydrogens is 382 g/mol. The van der Waals surface area contributed by atoms with Gasteiger partial charge in [-0.05, 0) is 39.7 Å². The number of amides is 1. The van der Waals surface area contributed by atoms with Crippen LogP contribution in [0.15, 0.2) is 37.1 Å². The van der Waals surface area contributed by atoms with Gasteiger partial charge in [0.1, 0.15) is 17.1 Å². The number of likely N-dealkylation sites (tertiary alicyclic amines) is 1. The molecule has 9 heteroatoms. The maximum atomic E-state index is 12.5. The van der Waals surface area contributed by atoms with Crippen molar-refractivity contribution in [3.05, 3.63) is 48.6 Å². The van der Waals surface area contributed by atoms with Crippen LogP contribution in [0.2, 0.25) is 0 Å². The van der Waals surface area contributed by atoms with Gasteiger partial charge in [-0.15, -0.1) is 0 Å². The number of carbonyl (C=O) groups is 1. The monoisotopic (exact) mass is 412 g/mol. The van der Waals surface area contributed by atoms with Gasteiger partial charge in [0.05, 0.1) is 11.8 Å². The predicted octanol–water partition coefficient (Wildman–Crippen LogP) is 1.87. The van der Waals surface area contributed by atoms with Crippen molar-refractivity contribution in [2.45, 2.75) is 45.3 Å². The van der Waals surface area contributed by atoms with E-state index in [0.29, 0.717) is 30.2 Å². The molecule has 3 rings (SSSR count). The van der Waals surface area contributed by atoms with E-state index in [0.717, 1.165) is 18.7 Å². The predicted molar refractivity (Wildman–Crippen MR) is 113 cm³/mol. The first-order valence-corrected chi connectivity index (χ1v) is 10.1. The number of hydrogen-bond acceptors (Lipinski definition) is 7. The lowest BCUT2D eigenvalue weighted by Crippen LogP contribution is -2.50. The number of hydrogen-bond donors (Lipinski definition) is 1. The Morgan fingerprint density at radius 1 is 1.37 bits per heavy atom. The summed E-state index contributed by atoms with van der Waals surface area (Å²) in [6, 6.07) is 1.98. The van der Waals surface area contributed by atoms with E-state index in [9.17, 15) is 4.79 Å². The number of ether oxygens (including phenoxy) is 1. The molecule has 0 bridgehead atoms. The largest absolute Gasteiger partial charge is 0.444 e. The molecule has 3 heterocycles. The lowest BCUT2D eigenvalue weighted by Gasteiger charge is -2.38. The second kappa shape index (κ2) is 9.06. The number of H-pyrrole nitrogens is 1. The number of nitrogens with zero attached hydrogens (tertiary/aromatic N) is 5. The lowest BCUT2D eigenvalue weighted by molar-refractivity contribution is -0.379. The zero-order valence-corrected chi connectivity index (χ0v) is 18.0. The Balaban J connectivity index is 1.76. The maximum Gasteiger partial charge on any atom is 0.410 e. The number of carbonyl (C=O) groups excluding carboxylic acids is 1. The Morgan fingerprint density at radius 3 is 2.83 bits per heavy atom. The van der Waals surface area contributed by atoms with Crippen LogP contribution in [0.5, 0.6) is 0 Å². The number of anilines is 1. The number of nitrogens with two attached hydrogens (primary N) is 1. The molecule has 9 nitrogen and oxygen atoms in total. The summed E-state index contributed by atoms with van der Waals surface area (Å²) in [5, 5.41) is 0. The van der Waals surface area contributed by atoms with E-state index in [1.54, 1.807) is 29.7 Å². The zero-order chi connectivity index (χ0) is 21.7. The average Bonchev–Trinajstić information content (AvgIpc) is 2.74. The summed E-state index contributed by atoms with van der Waals surface area (Å²) >= 11 is 0. The molecule has 1 atom stereocenters. The van der Waals surface area contributed by atoms with Gasteiger partial charge in [-0.1, -0.05) is 0 Å². The minimum Gasteiger partial charge on any atom is -0.444 e. The zero-order valence-electron chi connectivity index (χ0n) is 18.0. The Bertz CT molecular complexity index is 896. The average molecular weight is 413 g/mol. The van der Waals surface area contributed by atoms with Crippen LogP contribution in [-0.2, 0) is 4.74 Å². The van der Waals surface area contributed by atoms with Crippen LogP contribution >= 0.6 is 0 Å². The van der Waals surface area contributed by atoms with Crippen molar-refractivity contribution in [3.8, 4) is 0 Å². The fourth-order valence-corrected chi connectivity index (χ4v) is 3.37. The van der Waals surface area contributed by atoms with Crippen molar-refractivity contribution in [1.29, 1.82) is 0 Å². The van der Waals surface area contributed by atoms with Crippen LogP contribution < -0.4 is 15.6 Å². The van der Waals surface area contributed by atoms with E-state index in [4.69, 9.17) is 15.5 Å². The van der Waals surface area contributed by atoms with Crippen LogP contribution in [0.4, 0.5) is 10.6 Å². The topological polar surface area (TPSA) is 112 Å². The van der Waals surface area contributed by atoms with Gasteiger partial charge >= 0.3 is 6.09 Å². The van der Waals surface area contributed by atoms with Crippen molar-refractivity contribution in [3.63, 3.8) is 0 Å². The Morgan fingerprint density at radius 2 is 2.17 bits per heavy atom. The summed E-state index contributed by atoms with van der Waals surface area (Å²) in [7, 11) is 1.98. The Kier molecular flexibility index (Phi) is 6.49. The molecule has 160 valence electrons. The first-order valence-electron chi connectivity index (χ1n) is 10.1. The second-order valence-corrected chi connectivity index (χ2v) is 8.29. The molecule has 3 N–H and O–H groups in total. The van der Waals surface area contributed by atoms with Crippen LogP contribution in [0.1, 0.15) is 45.1 Å². The van der Waals surface area contributed by atoms with E-state index >= 15 is 0 Å². The van der Waals surface area contributed by atoms with Gasteiger partial charge in [0.25, 0.3) is 0 Å². The van der Waals surface area contributed by atoms with Crippen LogP contribution in [0.3, 0.4) is 0 Å². The van der Waals surface area contributed by atoms with Gasteiger partial charge in [-0.2, -0.15) is 0 Å². The van der Waals surface area contributed by atoms with E-state index in [2.05, 4.69) is 19.9 Å². The number of aromatic amines is 1. The minimum atomic E-state index is -0.509. The second-order valence-electron chi connectivity index (χ2n) is 8.29. The third-order valence-electron chi connectivity index (χ3n) is 4.89. The van der Waals surface area contributed by atoms with Crippen LogP contribution in [-0.4, -0.2) is 57.7 Å². The fourth-order valence-electron chi connectivity index (χ4n) is 3.37. The van der Waals surface area contributed by atoms with E-state index in [1.807, 2.05) is 33.9 Å². The SMILES string of the molecule is CN(c1ccnc(C(=CN)c2c[nH+]ccn2)n1)[C@@H]1CCCN(C(=O)OC(C)(C)C)C1. The van der Waals surface area contributed by atoms with Crippen molar-refractivity contribution in [1.82, 2.24) is 19.9 Å². The van der Waals surface area contributed by atoms with Gasteiger partial charge < -0.3 is 20.3 Å². The highest BCUT2D eigenvalue weighted by molar-refractivity contribution is 5.73. The summed E-state index contributed by atoms with van der Waals surface area (Å²) in [5.41, 5.74) is 6.63. The number of aromatic nitrogens is 4. The lowest BCUT2D eigenvalue weighted by atomic mass is 10.0. The summed E-state index contributed by atoms with van der Waals surface area (Å²) in [5.74, 6) is 1.25. The van der Waals surface area contributed by atoms with Gasteiger partial charge in [0.15, 0.2) is 18.2 Å². The minimum absolute atomic E-state index is 0.127. The molecule has 0 aliphatic carbocycles. The summed E-state index contributed by atoms with van der Waals surface area (Å²) in [6.07, 6.45) is 9.89. The van der Waals surface area contributed by atoms with Crippen molar-refractivity contribution in [2.75, 3.05) is 25.0 Å². The normalized spacial score (nSPS) is 17.5. The number of likely N-dealkylation sites (N-methyl/N-ethyl adjacent to an activating group) is 1. The number of nitrogens with one attached hydrogen (secondary N) is 1. The highest BCUT2D eigenvalue weighted by Crippen LogP contribution is 2.23. The fraction of sp³-hybridized carbons (Fsp3) is 0.476. The summed E-state index contributed by atoms with van der Waals surface area (Å²) < 4.78 is 5.54. The maximum absolute atomic E-state index is 12.5. The molecule has 0 radical (unpaired) electrons. The van der Waals surface area contributed by atoms with Crippen molar-refractivity contribution >= 4 is 17.5 Å². The summed E-state index contributed by atoms with van der Waals surface area (Å²) in [4.78, 5) is 32.7. The van der Waals surface area contributed by atoms with Gasteiger partial charge in [-0.25, -0.2) is 24.7 Å². The molecule has 2 aromatic rings. The molecule has 1 amide bonds. The third kappa shape index (κ3) is 5.22. The molecule has 1 saturated heterocycles. The molecule has 30 heavy (non-hydrogen) atoms. The Hall–Kier alpha value is -3.23. The molecular formula is C21H30N7O2+. The molecule has 0 spiro atoms. The molecule has 1 fully saturated rings. The Labute approximate surface area is 177 Å². The first kappa shape index (κ1) is 21.5. The highest BCUT2D eigenvalue weighted by atomic mass is 16.6.